The minimum absolute atomic E-state index is 0.0105. The standard InChI is InChI=1S/C13H16N6O/c1-19(7-9-6-14-4-5-15-9)13(20)12-11-10(2-3-16-12)17-8-18-11/h4-6,8,12,16H,2-3,7H2,1H3,(H,17,18)/t12-/m1/s1. The van der Waals surface area contributed by atoms with Crippen LogP contribution in [0.3, 0.4) is 0 Å². The zero-order valence-corrected chi connectivity index (χ0v) is 11.2. The maximum Gasteiger partial charge on any atom is 0.246 e. The highest BCUT2D eigenvalue weighted by atomic mass is 16.2. The lowest BCUT2D eigenvalue weighted by Crippen LogP contribution is -2.42. The molecular formula is C13H16N6O. The predicted octanol–water partition coefficient (Wildman–Crippen LogP) is 0.0451. The molecule has 1 aliphatic rings. The van der Waals surface area contributed by atoms with E-state index in [-0.39, 0.29) is 11.9 Å². The molecule has 2 aromatic heterocycles. The fourth-order valence-electron chi connectivity index (χ4n) is 2.38. The van der Waals surface area contributed by atoms with Crippen LogP contribution in [0.25, 0.3) is 0 Å². The van der Waals surface area contributed by atoms with E-state index in [1.807, 2.05) is 0 Å². The van der Waals surface area contributed by atoms with Gasteiger partial charge in [0.2, 0.25) is 5.91 Å². The Morgan fingerprint density at radius 2 is 2.35 bits per heavy atom. The number of H-pyrrole nitrogens is 1. The molecule has 3 heterocycles. The Morgan fingerprint density at radius 3 is 3.15 bits per heavy atom. The van der Waals surface area contributed by atoms with Gasteiger partial charge in [-0.1, -0.05) is 0 Å². The van der Waals surface area contributed by atoms with Crippen LogP contribution in [0.15, 0.2) is 24.9 Å². The van der Waals surface area contributed by atoms with Gasteiger partial charge in [0.05, 0.1) is 30.5 Å². The molecule has 0 aromatic carbocycles. The summed E-state index contributed by atoms with van der Waals surface area (Å²) in [5, 5.41) is 3.22. The molecule has 1 atom stereocenters. The molecule has 3 rings (SSSR count). The summed E-state index contributed by atoms with van der Waals surface area (Å²) in [6.07, 6.45) is 7.41. The zero-order chi connectivity index (χ0) is 13.9. The van der Waals surface area contributed by atoms with Crippen LogP contribution < -0.4 is 5.32 Å². The lowest BCUT2D eigenvalue weighted by atomic mass is 10.0. The smallest absolute Gasteiger partial charge is 0.246 e. The molecular weight excluding hydrogens is 256 g/mol. The van der Waals surface area contributed by atoms with E-state index in [2.05, 4.69) is 25.3 Å². The number of fused-ring (bicyclic) bond motifs is 1. The van der Waals surface area contributed by atoms with E-state index in [0.29, 0.717) is 6.54 Å². The van der Waals surface area contributed by atoms with E-state index >= 15 is 0 Å². The SMILES string of the molecule is CN(Cc1cnccn1)C(=O)[C@@H]1NCCc2[nH]cnc21. The maximum atomic E-state index is 12.5. The van der Waals surface area contributed by atoms with Crippen molar-refractivity contribution >= 4 is 5.91 Å². The predicted molar refractivity (Wildman–Crippen MR) is 71.5 cm³/mol. The number of nitrogens with zero attached hydrogens (tertiary/aromatic N) is 4. The van der Waals surface area contributed by atoms with Gasteiger partial charge in [0.1, 0.15) is 6.04 Å². The van der Waals surface area contributed by atoms with Crippen LogP contribution >= 0.6 is 0 Å². The fraction of sp³-hybridized carbons (Fsp3) is 0.385. The summed E-state index contributed by atoms with van der Waals surface area (Å²) in [4.78, 5) is 29.7. The summed E-state index contributed by atoms with van der Waals surface area (Å²) in [7, 11) is 1.76. The van der Waals surface area contributed by atoms with Crippen molar-refractivity contribution in [2.24, 2.45) is 0 Å². The molecule has 0 bridgehead atoms. The summed E-state index contributed by atoms with van der Waals surface area (Å²) in [5.41, 5.74) is 2.60. The Bertz CT molecular complexity index is 596. The van der Waals surface area contributed by atoms with E-state index < -0.39 is 0 Å². The lowest BCUT2D eigenvalue weighted by Gasteiger charge is -2.26. The first kappa shape index (κ1) is 12.7. The fourth-order valence-corrected chi connectivity index (χ4v) is 2.38. The highest BCUT2D eigenvalue weighted by molar-refractivity contribution is 5.83. The lowest BCUT2D eigenvalue weighted by molar-refractivity contribution is -0.133. The number of aromatic nitrogens is 4. The molecule has 7 nitrogen and oxygen atoms in total. The Kier molecular flexibility index (Phi) is 3.42. The molecule has 0 unspecified atom stereocenters. The number of imidazole rings is 1. The summed E-state index contributed by atoms with van der Waals surface area (Å²) in [5.74, 6) is -0.0105. The van der Waals surface area contributed by atoms with Crippen LogP contribution in [0.4, 0.5) is 0 Å². The zero-order valence-electron chi connectivity index (χ0n) is 11.2. The summed E-state index contributed by atoms with van der Waals surface area (Å²) < 4.78 is 0. The molecule has 104 valence electrons. The molecule has 0 radical (unpaired) electrons. The van der Waals surface area contributed by atoms with Gasteiger partial charge in [-0.3, -0.25) is 14.8 Å². The van der Waals surface area contributed by atoms with Crippen molar-refractivity contribution in [2.75, 3.05) is 13.6 Å². The van der Waals surface area contributed by atoms with Gasteiger partial charge in [-0.2, -0.15) is 0 Å². The van der Waals surface area contributed by atoms with Crippen LogP contribution in [0, 0.1) is 0 Å². The van der Waals surface area contributed by atoms with Crippen molar-refractivity contribution in [1.82, 2.24) is 30.2 Å². The Labute approximate surface area is 116 Å². The number of carbonyl (C=O) groups is 1. The molecule has 0 spiro atoms. The molecule has 20 heavy (non-hydrogen) atoms. The van der Waals surface area contributed by atoms with Crippen LogP contribution in [0.1, 0.15) is 23.1 Å². The molecule has 0 aliphatic carbocycles. The van der Waals surface area contributed by atoms with Crippen LogP contribution in [0.2, 0.25) is 0 Å². The van der Waals surface area contributed by atoms with E-state index in [1.165, 1.54) is 0 Å². The van der Waals surface area contributed by atoms with E-state index in [0.717, 1.165) is 30.0 Å². The Morgan fingerprint density at radius 1 is 1.45 bits per heavy atom. The van der Waals surface area contributed by atoms with Crippen LogP contribution in [-0.4, -0.2) is 44.3 Å². The van der Waals surface area contributed by atoms with Crippen molar-refractivity contribution in [2.45, 2.75) is 19.0 Å². The van der Waals surface area contributed by atoms with Gasteiger partial charge in [0.25, 0.3) is 0 Å². The molecule has 0 saturated heterocycles. The van der Waals surface area contributed by atoms with E-state index in [1.54, 1.807) is 36.9 Å². The van der Waals surface area contributed by atoms with Gasteiger partial charge in [-0.25, -0.2) is 4.98 Å². The molecule has 2 aromatic rings. The number of hydrogen-bond acceptors (Lipinski definition) is 5. The van der Waals surface area contributed by atoms with Crippen molar-refractivity contribution < 1.29 is 4.79 Å². The van der Waals surface area contributed by atoms with Gasteiger partial charge in [-0.15, -0.1) is 0 Å². The van der Waals surface area contributed by atoms with Gasteiger partial charge >= 0.3 is 0 Å². The number of hydrogen-bond donors (Lipinski definition) is 2. The highest BCUT2D eigenvalue weighted by Crippen LogP contribution is 2.21. The summed E-state index contributed by atoms with van der Waals surface area (Å²) in [6, 6.07) is -0.383. The Balaban J connectivity index is 1.74. The number of likely N-dealkylation sites (N-methyl/N-ethyl adjacent to an activating group) is 1. The second-order valence-corrected chi connectivity index (χ2v) is 4.79. The first-order chi connectivity index (χ1) is 9.75. The minimum atomic E-state index is -0.383. The number of rotatable bonds is 3. The number of carbonyl (C=O) groups excluding carboxylic acids is 1. The summed E-state index contributed by atoms with van der Waals surface area (Å²) in [6.45, 7) is 1.20. The molecule has 7 heteroatoms. The topological polar surface area (TPSA) is 86.8 Å². The van der Waals surface area contributed by atoms with E-state index in [9.17, 15) is 4.79 Å². The van der Waals surface area contributed by atoms with Crippen molar-refractivity contribution in [3.63, 3.8) is 0 Å². The average molecular weight is 272 g/mol. The van der Waals surface area contributed by atoms with E-state index in [4.69, 9.17) is 0 Å². The third-order valence-electron chi connectivity index (χ3n) is 3.39. The number of aromatic amines is 1. The molecule has 2 N–H and O–H groups in total. The second kappa shape index (κ2) is 5.38. The van der Waals surface area contributed by atoms with Crippen LogP contribution in [0.5, 0.6) is 0 Å². The molecule has 0 saturated carbocycles. The first-order valence-corrected chi connectivity index (χ1v) is 6.51. The molecule has 0 fully saturated rings. The maximum absolute atomic E-state index is 12.5. The van der Waals surface area contributed by atoms with Gasteiger partial charge < -0.3 is 15.2 Å². The molecule has 1 amide bonds. The Hall–Kier alpha value is -2.28. The highest BCUT2D eigenvalue weighted by Gasteiger charge is 2.30. The third kappa shape index (κ3) is 2.39. The normalized spacial score (nSPS) is 17.6. The monoisotopic (exact) mass is 272 g/mol. The first-order valence-electron chi connectivity index (χ1n) is 6.51. The average Bonchev–Trinajstić information content (AvgIpc) is 2.96. The van der Waals surface area contributed by atoms with Crippen molar-refractivity contribution in [3.8, 4) is 0 Å². The number of nitrogens with one attached hydrogen (secondary N) is 2. The third-order valence-corrected chi connectivity index (χ3v) is 3.39. The number of amides is 1. The quantitative estimate of drug-likeness (QED) is 0.824. The van der Waals surface area contributed by atoms with Gasteiger partial charge in [-0.05, 0) is 0 Å². The van der Waals surface area contributed by atoms with Crippen molar-refractivity contribution in [3.05, 3.63) is 42.0 Å². The minimum Gasteiger partial charge on any atom is -0.348 e. The van der Waals surface area contributed by atoms with Crippen LogP contribution in [-0.2, 0) is 17.8 Å². The van der Waals surface area contributed by atoms with Crippen molar-refractivity contribution in [1.29, 1.82) is 0 Å². The summed E-state index contributed by atoms with van der Waals surface area (Å²) >= 11 is 0. The van der Waals surface area contributed by atoms with Gasteiger partial charge in [0, 0.05) is 38.1 Å². The largest absolute Gasteiger partial charge is 0.348 e. The second-order valence-electron chi connectivity index (χ2n) is 4.79. The van der Waals surface area contributed by atoms with Gasteiger partial charge in [0.15, 0.2) is 0 Å². The molecule has 1 aliphatic heterocycles.